The molecule has 1 saturated carbocycles. The van der Waals surface area contributed by atoms with E-state index in [1.165, 1.54) is 6.42 Å². The van der Waals surface area contributed by atoms with Gasteiger partial charge in [0.05, 0.1) is 6.54 Å². The number of carbonyl (C=O) groups excluding carboxylic acids is 2. The average molecular weight is 383 g/mol. The first-order valence-electron chi connectivity index (χ1n) is 9.81. The van der Waals surface area contributed by atoms with Crippen LogP contribution in [0.5, 0.6) is 0 Å². The topological polar surface area (TPSA) is 74.6 Å². The molecule has 0 radical (unpaired) electrons. The summed E-state index contributed by atoms with van der Waals surface area (Å²) in [5.74, 6) is 3.01. The average Bonchev–Trinajstić information content (AvgIpc) is 3.20. The lowest BCUT2D eigenvalue weighted by atomic mass is 10.1. The fraction of sp³-hybridized carbons (Fsp3) is 0.455. The van der Waals surface area contributed by atoms with Crippen LogP contribution in [-0.2, 0) is 13.1 Å². The largest absolute Gasteiger partial charge is 0.464 e. The molecule has 2 atom stereocenters. The zero-order valence-corrected chi connectivity index (χ0v) is 17.0. The van der Waals surface area contributed by atoms with E-state index in [2.05, 4.69) is 17.6 Å². The van der Waals surface area contributed by atoms with Gasteiger partial charge in [0.25, 0.3) is 5.91 Å². The van der Waals surface area contributed by atoms with E-state index in [1.807, 2.05) is 38.1 Å². The van der Waals surface area contributed by atoms with Crippen LogP contribution in [0.2, 0.25) is 0 Å². The molecule has 0 aliphatic heterocycles. The van der Waals surface area contributed by atoms with Gasteiger partial charge in [-0.25, -0.2) is 4.79 Å². The Labute approximate surface area is 166 Å². The molecule has 150 valence electrons. The van der Waals surface area contributed by atoms with Gasteiger partial charge in [0.1, 0.15) is 11.5 Å². The Morgan fingerprint density at radius 3 is 2.46 bits per heavy atom. The Bertz CT molecular complexity index is 826. The molecule has 1 fully saturated rings. The summed E-state index contributed by atoms with van der Waals surface area (Å²) in [5.41, 5.74) is 1.55. The van der Waals surface area contributed by atoms with Crippen molar-refractivity contribution in [3.05, 3.63) is 59.0 Å². The van der Waals surface area contributed by atoms with Gasteiger partial charge < -0.3 is 20.0 Å². The molecular weight excluding hydrogens is 354 g/mol. The Morgan fingerprint density at radius 2 is 1.86 bits per heavy atom. The van der Waals surface area contributed by atoms with Gasteiger partial charge in [-0.05, 0) is 56.0 Å². The molecule has 1 aromatic heterocycles. The van der Waals surface area contributed by atoms with Crippen LogP contribution in [0.3, 0.4) is 0 Å². The summed E-state index contributed by atoms with van der Waals surface area (Å²) >= 11 is 0. The molecule has 3 rings (SSSR count). The lowest BCUT2D eigenvalue weighted by Crippen LogP contribution is -2.39. The molecule has 1 aromatic carbocycles. The first-order chi connectivity index (χ1) is 13.3. The van der Waals surface area contributed by atoms with Crippen molar-refractivity contribution in [1.29, 1.82) is 0 Å². The SMILES string of the molecule is CC(C)NC(=O)NCc1ccc(C(=O)N(C)Cc2ccc([C@@H]3C[C@@H]3C)o2)cc1. The lowest BCUT2D eigenvalue weighted by Gasteiger charge is -2.16. The van der Waals surface area contributed by atoms with Gasteiger partial charge in [-0.1, -0.05) is 19.1 Å². The second-order valence-electron chi connectivity index (χ2n) is 7.96. The first kappa shape index (κ1) is 20.0. The van der Waals surface area contributed by atoms with E-state index in [1.54, 1.807) is 24.1 Å². The summed E-state index contributed by atoms with van der Waals surface area (Å²) < 4.78 is 5.90. The maximum atomic E-state index is 12.7. The Morgan fingerprint density at radius 1 is 1.18 bits per heavy atom. The molecule has 0 saturated heterocycles. The lowest BCUT2D eigenvalue weighted by molar-refractivity contribution is 0.0774. The number of hydrogen-bond acceptors (Lipinski definition) is 3. The number of nitrogens with zero attached hydrogens (tertiary/aromatic N) is 1. The molecule has 28 heavy (non-hydrogen) atoms. The minimum absolute atomic E-state index is 0.0604. The number of hydrogen-bond donors (Lipinski definition) is 2. The van der Waals surface area contributed by atoms with E-state index in [0.29, 0.717) is 30.5 Å². The quantitative estimate of drug-likeness (QED) is 0.762. The van der Waals surface area contributed by atoms with Crippen LogP contribution >= 0.6 is 0 Å². The molecule has 6 heteroatoms. The number of benzene rings is 1. The van der Waals surface area contributed by atoms with Gasteiger partial charge in [-0.2, -0.15) is 0 Å². The van der Waals surface area contributed by atoms with Crippen molar-refractivity contribution in [1.82, 2.24) is 15.5 Å². The summed E-state index contributed by atoms with van der Waals surface area (Å²) in [6.45, 7) is 6.90. The normalized spacial score (nSPS) is 18.0. The van der Waals surface area contributed by atoms with Crippen LogP contribution in [0.25, 0.3) is 0 Å². The highest BCUT2D eigenvalue weighted by atomic mass is 16.3. The molecule has 0 unspecified atom stereocenters. The van der Waals surface area contributed by atoms with Crippen molar-refractivity contribution >= 4 is 11.9 Å². The van der Waals surface area contributed by atoms with Crippen LogP contribution in [0.4, 0.5) is 4.79 Å². The summed E-state index contributed by atoms with van der Waals surface area (Å²) in [4.78, 5) is 26.0. The van der Waals surface area contributed by atoms with E-state index in [4.69, 9.17) is 4.42 Å². The van der Waals surface area contributed by atoms with Crippen molar-refractivity contribution < 1.29 is 14.0 Å². The number of rotatable bonds is 7. The second kappa shape index (κ2) is 8.50. The fourth-order valence-corrected chi connectivity index (χ4v) is 3.18. The van der Waals surface area contributed by atoms with E-state index < -0.39 is 0 Å². The summed E-state index contributed by atoms with van der Waals surface area (Å²) in [5, 5.41) is 5.57. The number of amides is 3. The van der Waals surface area contributed by atoms with Gasteiger partial charge in [0, 0.05) is 31.1 Å². The highest BCUT2D eigenvalue weighted by Gasteiger charge is 2.36. The summed E-state index contributed by atoms with van der Waals surface area (Å²) in [7, 11) is 1.77. The van der Waals surface area contributed by atoms with E-state index >= 15 is 0 Å². The van der Waals surface area contributed by atoms with Crippen molar-refractivity contribution in [2.45, 2.75) is 52.2 Å². The van der Waals surface area contributed by atoms with E-state index in [0.717, 1.165) is 17.1 Å². The number of furan rings is 1. The highest BCUT2D eigenvalue weighted by Crippen LogP contribution is 2.47. The molecule has 1 aliphatic rings. The minimum atomic E-state index is -0.201. The fourth-order valence-electron chi connectivity index (χ4n) is 3.18. The van der Waals surface area contributed by atoms with Gasteiger partial charge in [0.2, 0.25) is 0 Å². The predicted octanol–water partition coefficient (Wildman–Crippen LogP) is 3.88. The highest BCUT2D eigenvalue weighted by molar-refractivity contribution is 5.94. The molecule has 0 bridgehead atoms. The van der Waals surface area contributed by atoms with Gasteiger partial charge in [0.15, 0.2) is 0 Å². The van der Waals surface area contributed by atoms with Crippen molar-refractivity contribution in [2.75, 3.05) is 7.05 Å². The van der Waals surface area contributed by atoms with E-state index in [-0.39, 0.29) is 18.0 Å². The van der Waals surface area contributed by atoms with Crippen LogP contribution in [0, 0.1) is 5.92 Å². The van der Waals surface area contributed by atoms with Crippen LogP contribution < -0.4 is 10.6 Å². The summed E-state index contributed by atoms with van der Waals surface area (Å²) in [6, 6.07) is 11.2. The van der Waals surface area contributed by atoms with Gasteiger partial charge >= 0.3 is 6.03 Å². The minimum Gasteiger partial charge on any atom is -0.464 e. The molecule has 1 heterocycles. The smallest absolute Gasteiger partial charge is 0.315 e. The zero-order chi connectivity index (χ0) is 20.3. The van der Waals surface area contributed by atoms with E-state index in [9.17, 15) is 9.59 Å². The monoisotopic (exact) mass is 383 g/mol. The van der Waals surface area contributed by atoms with Crippen molar-refractivity contribution in [3.63, 3.8) is 0 Å². The molecule has 2 aromatic rings. The van der Waals surface area contributed by atoms with Gasteiger partial charge in [-0.15, -0.1) is 0 Å². The first-order valence-corrected chi connectivity index (χ1v) is 9.81. The summed E-state index contributed by atoms with van der Waals surface area (Å²) in [6.07, 6.45) is 1.18. The van der Waals surface area contributed by atoms with Crippen LogP contribution in [-0.4, -0.2) is 29.9 Å². The zero-order valence-electron chi connectivity index (χ0n) is 17.0. The molecule has 0 spiro atoms. The molecular formula is C22H29N3O3. The second-order valence-corrected chi connectivity index (χ2v) is 7.96. The standard InChI is InChI=1S/C22H29N3O3/c1-14(2)24-22(27)23-12-16-5-7-17(8-6-16)21(26)25(4)13-18-9-10-20(28-18)19-11-15(19)3/h5-10,14-15,19H,11-13H2,1-4H3,(H2,23,24,27)/t15-,19+/m0/s1. The third kappa shape index (κ3) is 5.15. The third-order valence-electron chi connectivity index (χ3n) is 4.97. The van der Waals surface area contributed by atoms with Gasteiger partial charge in [-0.3, -0.25) is 4.79 Å². The van der Waals surface area contributed by atoms with Crippen molar-refractivity contribution in [2.24, 2.45) is 5.92 Å². The third-order valence-corrected chi connectivity index (χ3v) is 4.97. The molecule has 1 aliphatic carbocycles. The Hall–Kier alpha value is -2.76. The predicted molar refractivity (Wildman–Crippen MR) is 108 cm³/mol. The molecule has 2 N–H and O–H groups in total. The van der Waals surface area contributed by atoms with Crippen molar-refractivity contribution in [3.8, 4) is 0 Å². The van der Waals surface area contributed by atoms with Crippen LogP contribution in [0.1, 0.15) is 60.6 Å². The Balaban J connectivity index is 1.52. The van der Waals surface area contributed by atoms with Crippen LogP contribution in [0.15, 0.2) is 40.8 Å². The number of nitrogens with one attached hydrogen (secondary N) is 2. The maximum absolute atomic E-state index is 12.7. The number of carbonyl (C=O) groups is 2. The molecule has 3 amide bonds. The maximum Gasteiger partial charge on any atom is 0.315 e. The number of urea groups is 1. The molecule has 6 nitrogen and oxygen atoms in total. The Kier molecular flexibility index (Phi) is 6.07.